The number of hydrogen-bond acceptors (Lipinski definition) is 3. The second-order valence-electron chi connectivity index (χ2n) is 4.11. The van der Waals surface area contributed by atoms with Gasteiger partial charge in [0.05, 0.1) is 5.56 Å². The Balaban J connectivity index is 2.40. The van der Waals surface area contributed by atoms with E-state index >= 15 is 0 Å². The van der Waals surface area contributed by atoms with Gasteiger partial charge >= 0.3 is 12.1 Å². The molecule has 1 aromatic heterocycles. The van der Waals surface area contributed by atoms with Gasteiger partial charge in [0, 0.05) is 17.3 Å². The van der Waals surface area contributed by atoms with Gasteiger partial charge in [-0.15, -0.1) is 0 Å². The van der Waals surface area contributed by atoms with Crippen LogP contribution in [0.1, 0.15) is 32.0 Å². The van der Waals surface area contributed by atoms with Crippen LogP contribution in [0.5, 0.6) is 0 Å². The van der Waals surface area contributed by atoms with Crippen LogP contribution in [-0.4, -0.2) is 21.8 Å². The molecule has 0 spiro atoms. The fourth-order valence-electron chi connectivity index (χ4n) is 1.72. The van der Waals surface area contributed by atoms with Crippen molar-refractivity contribution in [1.29, 1.82) is 0 Å². The second-order valence-corrected chi connectivity index (χ2v) is 4.11. The molecular weight excluding hydrogens is 287 g/mol. The average Bonchev–Trinajstić information content (AvgIpc) is 2.45. The van der Waals surface area contributed by atoms with Gasteiger partial charge in [-0.3, -0.25) is 9.78 Å². The molecule has 0 bridgehead atoms. The number of halogens is 3. The van der Waals surface area contributed by atoms with E-state index in [1.54, 1.807) is 0 Å². The predicted molar refractivity (Wildman–Crippen MR) is 66.1 cm³/mol. The summed E-state index contributed by atoms with van der Waals surface area (Å²) in [6.07, 6.45) is -3.82. The van der Waals surface area contributed by atoms with Gasteiger partial charge in [-0.05, 0) is 18.2 Å². The summed E-state index contributed by atoms with van der Waals surface area (Å²) in [5.74, 6) is -1.99. The Morgan fingerprint density at radius 2 is 1.62 bits per heavy atom. The zero-order valence-corrected chi connectivity index (χ0v) is 10.4. The molecule has 0 fully saturated rings. The summed E-state index contributed by atoms with van der Waals surface area (Å²) in [4.78, 5) is 26.4. The highest BCUT2D eigenvalue weighted by atomic mass is 19.4. The number of carbonyl (C=O) groups excluding carboxylic acids is 1. The molecule has 0 amide bonds. The van der Waals surface area contributed by atoms with Crippen LogP contribution in [0.2, 0.25) is 0 Å². The Morgan fingerprint density at radius 1 is 1.00 bits per heavy atom. The number of ketones is 1. The molecule has 0 unspecified atom stereocenters. The van der Waals surface area contributed by atoms with Gasteiger partial charge in [0.15, 0.2) is 5.78 Å². The third-order valence-electron chi connectivity index (χ3n) is 2.72. The third-order valence-corrected chi connectivity index (χ3v) is 2.72. The van der Waals surface area contributed by atoms with Crippen LogP contribution in [-0.2, 0) is 6.18 Å². The average molecular weight is 295 g/mol. The van der Waals surface area contributed by atoms with Crippen LogP contribution in [0.4, 0.5) is 13.2 Å². The van der Waals surface area contributed by atoms with Crippen molar-refractivity contribution in [2.75, 3.05) is 0 Å². The van der Waals surface area contributed by atoms with E-state index in [2.05, 4.69) is 4.98 Å². The molecule has 108 valence electrons. The molecule has 0 aliphatic carbocycles. The topological polar surface area (TPSA) is 67.3 Å². The Kier molecular flexibility index (Phi) is 3.75. The van der Waals surface area contributed by atoms with E-state index < -0.39 is 23.6 Å². The van der Waals surface area contributed by atoms with Crippen LogP contribution < -0.4 is 0 Å². The van der Waals surface area contributed by atoms with Gasteiger partial charge in [-0.2, -0.15) is 13.2 Å². The summed E-state index contributed by atoms with van der Waals surface area (Å²) in [6.45, 7) is 0. The van der Waals surface area contributed by atoms with E-state index in [9.17, 15) is 22.8 Å². The van der Waals surface area contributed by atoms with Crippen LogP contribution in [0.15, 0.2) is 42.6 Å². The van der Waals surface area contributed by atoms with Crippen molar-refractivity contribution in [1.82, 2.24) is 4.98 Å². The first-order valence-electron chi connectivity index (χ1n) is 5.71. The van der Waals surface area contributed by atoms with E-state index in [1.165, 1.54) is 24.3 Å². The van der Waals surface area contributed by atoms with Crippen molar-refractivity contribution < 1.29 is 27.9 Å². The molecule has 2 aromatic rings. The maximum Gasteiger partial charge on any atom is 0.433 e. The molecule has 1 N–H and O–H groups in total. The van der Waals surface area contributed by atoms with Crippen LogP contribution in [0.3, 0.4) is 0 Å². The summed E-state index contributed by atoms with van der Waals surface area (Å²) in [7, 11) is 0. The zero-order chi connectivity index (χ0) is 15.6. The number of aromatic carboxylic acids is 1. The first-order chi connectivity index (χ1) is 9.80. The Bertz CT molecular complexity index is 693. The molecule has 0 aliphatic rings. The molecule has 2 rings (SSSR count). The highest BCUT2D eigenvalue weighted by Crippen LogP contribution is 2.27. The van der Waals surface area contributed by atoms with Crippen LogP contribution >= 0.6 is 0 Å². The molecule has 1 heterocycles. The van der Waals surface area contributed by atoms with Crippen molar-refractivity contribution in [3.63, 3.8) is 0 Å². The lowest BCUT2D eigenvalue weighted by atomic mass is 9.99. The lowest BCUT2D eigenvalue weighted by molar-refractivity contribution is -0.141. The third kappa shape index (κ3) is 3.07. The molecule has 1 aromatic carbocycles. The van der Waals surface area contributed by atoms with E-state index in [-0.39, 0.29) is 16.7 Å². The molecule has 7 heteroatoms. The number of carboxylic acid groups (broad SMARTS) is 1. The van der Waals surface area contributed by atoms with Gasteiger partial charge in [0.2, 0.25) is 0 Å². The lowest BCUT2D eigenvalue weighted by Gasteiger charge is -2.07. The standard InChI is InChI=1S/C14H8F3NO3/c15-14(16,17)11-6-5-8(7-18-11)12(19)9-3-1-2-4-10(9)13(20)21/h1-7H,(H,20,21). The van der Waals surface area contributed by atoms with E-state index in [4.69, 9.17) is 5.11 Å². The normalized spacial score (nSPS) is 11.2. The Morgan fingerprint density at radius 3 is 2.10 bits per heavy atom. The van der Waals surface area contributed by atoms with Gasteiger partial charge < -0.3 is 5.11 Å². The Hall–Kier alpha value is -2.70. The van der Waals surface area contributed by atoms with E-state index in [0.29, 0.717) is 6.07 Å². The minimum atomic E-state index is -4.60. The zero-order valence-electron chi connectivity index (χ0n) is 10.4. The largest absolute Gasteiger partial charge is 0.478 e. The van der Waals surface area contributed by atoms with E-state index in [0.717, 1.165) is 12.3 Å². The molecule has 0 radical (unpaired) electrons. The van der Waals surface area contributed by atoms with Crippen molar-refractivity contribution in [2.45, 2.75) is 6.18 Å². The molecule has 0 saturated heterocycles. The molecular formula is C14H8F3NO3. The SMILES string of the molecule is O=C(O)c1ccccc1C(=O)c1ccc(C(F)(F)F)nc1. The van der Waals surface area contributed by atoms with Gasteiger partial charge in [0.25, 0.3) is 0 Å². The highest BCUT2D eigenvalue weighted by Gasteiger charge is 2.32. The quantitative estimate of drug-likeness (QED) is 0.884. The number of carboxylic acids is 1. The van der Waals surface area contributed by atoms with Crippen molar-refractivity contribution in [3.8, 4) is 0 Å². The molecule has 0 saturated carbocycles. The number of nitrogens with zero attached hydrogens (tertiary/aromatic N) is 1. The van der Waals surface area contributed by atoms with Crippen molar-refractivity contribution in [3.05, 3.63) is 65.0 Å². The second kappa shape index (κ2) is 5.35. The van der Waals surface area contributed by atoms with Crippen molar-refractivity contribution >= 4 is 11.8 Å². The number of pyridine rings is 1. The minimum Gasteiger partial charge on any atom is -0.478 e. The number of aromatic nitrogens is 1. The summed E-state index contributed by atoms with van der Waals surface area (Å²) in [5, 5.41) is 9.00. The van der Waals surface area contributed by atoms with Gasteiger partial charge in [-0.25, -0.2) is 4.79 Å². The van der Waals surface area contributed by atoms with Crippen LogP contribution in [0.25, 0.3) is 0 Å². The van der Waals surface area contributed by atoms with Gasteiger partial charge in [0.1, 0.15) is 5.69 Å². The smallest absolute Gasteiger partial charge is 0.433 e. The molecule has 21 heavy (non-hydrogen) atoms. The summed E-state index contributed by atoms with van der Waals surface area (Å²) in [5.41, 5.74) is -1.56. The fourth-order valence-corrected chi connectivity index (χ4v) is 1.72. The van der Waals surface area contributed by atoms with Crippen LogP contribution in [0, 0.1) is 0 Å². The summed E-state index contributed by atoms with van der Waals surface area (Å²) < 4.78 is 37.2. The molecule has 4 nitrogen and oxygen atoms in total. The maximum absolute atomic E-state index is 12.4. The Labute approximate surface area is 116 Å². The summed E-state index contributed by atoms with van der Waals surface area (Å²) in [6, 6.07) is 7.10. The molecule has 0 atom stereocenters. The van der Waals surface area contributed by atoms with E-state index in [1.807, 2.05) is 0 Å². The molecule has 0 aliphatic heterocycles. The number of rotatable bonds is 3. The number of alkyl halides is 3. The number of hydrogen-bond donors (Lipinski definition) is 1. The van der Waals surface area contributed by atoms with Crippen molar-refractivity contribution in [2.24, 2.45) is 0 Å². The lowest BCUT2D eigenvalue weighted by Crippen LogP contribution is -2.12. The monoisotopic (exact) mass is 295 g/mol. The number of benzene rings is 1. The van der Waals surface area contributed by atoms with Gasteiger partial charge in [-0.1, -0.05) is 18.2 Å². The first-order valence-corrected chi connectivity index (χ1v) is 5.71. The number of carbonyl (C=O) groups is 2. The summed E-state index contributed by atoms with van der Waals surface area (Å²) >= 11 is 0. The minimum absolute atomic E-state index is 0.105. The highest BCUT2D eigenvalue weighted by molar-refractivity contribution is 6.14. The maximum atomic E-state index is 12.4. The first kappa shape index (κ1) is 14.7. The fraction of sp³-hybridized carbons (Fsp3) is 0.0714. The predicted octanol–water partition coefficient (Wildman–Crippen LogP) is 3.03.